The number of piperidine rings is 1. The molecule has 0 aromatic carbocycles. The zero-order valence-corrected chi connectivity index (χ0v) is 11.1. The van der Waals surface area contributed by atoms with Crippen LogP contribution in [0.4, 0.5) is 5.00 Å². The molecule has 16 heavy (non-hydrogen) atoms. The zero-order valence-electron chi connectivity index (χ0n) is 10.3. The average molecular weight is 238 g/mol. The van der Waals surface area contributed by atoms with Crippen molar-refractivity contribution in [1.29, 1.82) is 0 Å². The highest BCUT2D eigenvalue weighted by Crippen LogP contribution is 2.24. The van der Waals surface area contributed by atoms with Gasteiger partial charge in [0.1, 0.15) is 0 Å². The third-order valence-corrected chi connectivity index (χ3v) is 4.06. The normalized spacial score (nSPS) is 18.3. The molecule has 3 heteroatoms. The lowest BCUT2D eigenvalue weighted by atomic mass is 10.0. The molecule has 0 atom stereocenters. The minimum atomic E-state index is 0.735. The highest BCUT2D eigenvalue weighted by Gasteiger charge is 2.19. The zero-order chi connectivity index (χ0) is 11.4. The molecular formula is C13H22N2S. The first-order valence-electron chi connectivity index (χ1n) is 6.27. The van der Waals surface area contributed by atoms with E-state index in [0.717, 1.165) is 18.5 Å². The van der Waals surface area contributed by atoms with Crippen LogP contribution in [-0.2, 0) is 0 Å². The fraction of sp³-hybridized carbons (Fsp3) is 0.692. The van der Waals surface area contributed by atoms with Gasteiger partial charge in [0.15, 0.2) is 0 Å². The summed E-state index contributed by atoms with van der Waals surface area (Å²) in [5, 5.41) is 7.26. The number of hydrogen-bond acceptors (Lipinski definition) is 3. The van der Waals surface area contributed by atoms with Crippen molar-refractivity contribution in [3.63, 3.8) is 0 Å². The largest absolute Gasteiger partial charge is 0.363 e. The Kier molecular flexibility index (Phi) is 4.24. The number of nitrogens with zero attached hydrogens (tertiary/aromatic N) is 1. The van der Waals surface area contributed by atoms with Crippen molar-refractivity contribution in [2.45, 2.75) is 32.7 Å². The molecule has 0 radical (unpaired) electrons. The van der Waals surface area contributed by atoms with E-state index >= 15 is 0 Å². The maximum absolute atomic E-state index is 3.66. The molecule has 0 spiro atoms. The third-order valence-electron chi connectivity index (χ3n) is 3.13. The Hall–Kier alpha value is -0.540. The van der Waals surface area contributed by atoms with Gasteiger partial charge in [0, 0.05) is 19.1 Å². The van der Waals surface area contributed by atoms with E-state index in [4.69, 9.17) is 0 Å². The summed E-state index contributed by atoms with van der Waals surface area (Å²) < 4.78 is 0. The third kappa shape index (κ3) is 3.22. The highest BCUT2D eigenvalue weighted by molar-refractivity contribution is 7.14. The van der Waals surface area contributed by atoms with E-state index in [0.29, 0.717) is 0 Å². The van der Waals surface area contributed by atoms with Crippen LogP contribution in [0.5, 0.6) is 0 Å². The summed E-state index contributed by atoms with van der Waals surface area (Å²) in [6, 6.07) is 5.11. The molecule has 0 unspecified atom stereocenters. The second-order valence-electron chi connectivity index (χ2n) is 5.01. The molecule has 0 saturated carbocycles. The fourth-order valence-electron chi connectivity index (χ4n) is 2.16. The van der Waals surface area contributed by atoms with Gasteiger partial charge in [-0.2, -0.15) is 0 Å². The second-order valence-corrected chi connectivity index (χ2v) is 5.94. The maximum atomic E-state index is 3.66. The summed E-state index contributed by atoms with van der Waals surface area (Å²) in [6.07, 6.45) is 2.56. The Morgan fingerprint density at radius 2 is 2.19 bits per heavy atom. The molecule has 1 aromatic rings. The van der Waals surface area contributed by atoms with Gasteiger partial charge in [-0.15, -0.1) is 11.3 Å². The van der Waals surface area contributed by atoms with E-state index in [1.807, 2.05) is 11.3 Å². The Balaban J connectivity index is 1.74. The molecule has 0 bridgehead atoms. The van der Waals surface area contributed by atoms with Crippen LogP contribution in [0.15, 0.2) is 17.5 Å². The number of anilines is 1. The quantitative estimate of drug-likeness (QED) is 0.867. The van der Waals surface area contributed by atoms with Gasteiger partial charge in [-0.3, -0.25) is 0 Å². The molecule has 1 aromatic heterocycles. The van der Waals surface area contributed by atoms with Gasteiger partial charge in [-0.1, -0.05) is 13.8 Å². The van der Waals surface area contributed by atoms with Crippen molar-refractivity contribution in [1.82, 2.24) is 5.32 Å². The maximum Gasteiger partial charge on any atom is 0.0908 e. The van der Waals surface area contributed by atoms with Crippen LogP contribution in [-0.4, -0.2) is 25.7 Å². The topological polar surface area (TPSA) is 15.3 Å². The van der Waals surface area contributed by atoms with Crippen LogP contribution >= 0.6 is 11.3 Å². The summed E-state index contributed by atoms with van der Waals surface area (Å²) in [6.45, 7) is 8.11. The van der Waals surface area contributed by atoms with E-state index in [-0.39, 0.29) is 0 Å². The Morgan fingerprint density at radius 1 is 1.44 bits per heavy atom. The van der Waals surface area contributed by atoms with Crippen molar-refractivity contribution in [3.05, 3.63) is 17.5 Å². The molecule has 2 heterocycles. The number of rotatable bonds is 4. The van der Waals surface area contributed by atoms with E-state index in [1.54, 1.807) is 0 Å². The first-order chi connectivity index (χ1) is 7.75. The molecule has 1 aliphatic heterocycles. The van der Waals surface area contributed by atoms with Crippen LogP contribution in [0.3, 0.4) is 0 Å². The van der Waals surface area contributed by atoms with Gasteiger partial charge in [0.25, 0.3) is 0 Å². The SMILES string of the molecule is CC(C)CNC1CCN(c2cccs2)CC1. The fourth-order valence-corrected chi connectivity index (χ4v) is 2.94. The molecule has 1 aliphatic rings. The van der Waals surface area contributed by atoms with Gasteiger partial charge in [-0.05, 0) is 42.8 Å². The minimum Gasteiger partial charge on any atom is -0.363 e. The molecule has 90 valence electrons. The van der Waals surface area contributed by atoms with Gasteiger partial charge in [-0.25, -0.2) is 0 Å². The Morgan fingerprint density at radius 3 is 2.75 bits per heavy atom. The van der Waals surface area contributed by atoms with Crippen LogP contribution in [0, 0.1) is 5.92 Å². The highest BCUT2D eigenvalue weighted by atomic mass is 32.1. The lowest BCUT2D eigenvalue weighted by molar-refractivity contribution is 0.393. The molecule has 0 amide bonds. The van der Waals surface area contributed by atoms with Crippen molar-refractivity contribution in [3.8, 4) is 0 Å². The van der Waals surface area contributed by atoms with Crippen molar-refractivity contribution in [2.24, 2.45) is 5.92 Å². The van der Waals surface area contributed by atoms with Crippen molar-refractivity contribution in [2.75, 3.05) is 24.5 Å². The standard InChI is InChI=1S/C13H22N2S/c1-11(2)10-14-12-5-7-15(8-6-12)13-4-3-9-16-13/h3-4,9,11-12,14H,5-8,10H2,1-2H3. The number of nitrogens with one attached hydrogen (secondary N) is 1. The second kappa shape index (κ2) is 5.69. The molecular weight excluding hydrogens is 216 g/mol. The van der Waals surface area contributed by atoms with Crippen molar-refractivity contribution < 1.29 is 0 Å². The minimum absolute atomic E-state index is 0.735. The number of thiophene rings is 1. The van der Waals surface area contributed by atoms with Gasteiger partial charge in [0.2, 0.25) is 0 Å². The lowest BCUT2D eigenvalue weighted by Crippen LogP contribution is -2.43. The molecule has 1 saturated heterocycles. The molecule has 1 N–H and O–H groups in total. The lowest BCUT2D eigenvalue weighted by Gasteiger charge is -2.33. The monoisotopic (exact) mass is 238 g/mol. The van der Waals surface area contributed by atoms with Gasteiger partial charge in [0.05, 0.1) is 5.00 Å². The van der Waals surface area contributed by atoms with Crippen LogP contribution in [0.25, 0.3) is 0 Å². The summed E-state index contributed by atoms with van der Waals surface area (Å²) in [7, 11) is 0. The average Bonchev–Trinajstić information content (AvgIpc) is 2.80. The van der Waals surface area contributed by atoms with Crippen LogP contribution in [0.2, 0.25) is 0 Å². The van der Waals surface area contributed by atoms with Crippen molar-refractivity contribution >= 4 is 16.3 Å². The predicted molar refractivity (Wildman–Crippen MR) is 72.4 cm³/mol. The smallest absolute Gasteiger partial charge is 0.0908 e. The molecule has 2 nitrogen and oxygen atoms in total. The first kappa shape index (κ1) is 11.9. The number of hydrogen-bond donors (Lipinski definition) is 1. The predicted octanol–water partition coefficient (Wildman–Crippen LogP) is 2.96. The van der Waals surface area contributed by atoms with Crippen LogP contribution < -0.4 is 10.2 Å². The van der Waals surface area contributed by atoms with E-state index in [1.165, 1.54) is 30.9 Å². The molecule has 2 rings (SSSR count). The molecule has 1 fully saturated rings. The van der Waals surface area contributed by atoms with Crippen LogP contribution in [0.1, 0.15) is 26.7 Å². The Labute approximate surface area is 103 Å². The van der Waals surface area contributed by atoms with E-state index in [9.17, 15) is 0 Å². The van der Waals surface area contributed by atoms with Gasteiger partial charge >= 0.3 is 0 Å². The van der Waals surface area contributed by atoms with E-state index < -0.39 is 0 Å². The van der Waals surface area contributed by atoms with Gasteiger partial charge < -0.3 is 10.2 Å². The molecule has 0 aliphatic carbocycles. The summed E-state index contributed by atoms with van der Waals surface area (Å²) in [5.41, 5.74) is 0. The Bertz CT molecular complexity index is 287. The summed E-state index contributed by atoms with van der Waals surface area (Å²) >= 11 is 1.85. The summed E-state index contributed by atoms with van der Waals surface area (Å²) in [4.78, 5) is 2.51. The first-order valence-corrected chi connectivity index (χ1v) is 7.15. The van der Waals surface area contributed by atoms with E-state index in [2.05, 4.69) is 41.6 Å². The summed E-state index contributed by atoms with van der Waals surface area (Å²) in [5.74, 6) is 0.760.